The molecule has 240 valence electrons. The summed E-state index contributed by atoms with van der Waals surface area (Å²) >= 11 is -3.83. The van der Waals surface area contributed by atoms with Gasteiger partial charge >= 0.3 is 281 Å². The van der Waals surface area contributed by atoms with Crippen LogP contribution >= 0.6 is 0 Å². The zero-order chi connectivity index (χ0) is 33.3. The summed E-state index contributed by atoms with van der Waals surface area (Å²) in [7, 11) is 18.4. The molecule has 0 aliphatic heterocycles. The quantitative estimate of drug-likeness (QED) is 0.136. The van der Waals surface area contributed by atoms with Gasteiger partial charge in [0.05, 0.1) is 0 Å². The van der Waals surface area contributed by atoms with Crippen LogP contribution in [0.1, 0.15) is 27.7 Å². The molecule has 0 spiro atoms. The zero-order valence-corrected chi connectivity index (χ0v) is 33.2. The first-order valence-corrected chi connectivity index (χ1v) is 22.6. The molecule has 0 atom stereocenters. The Morgan fingerprint density at radius 3 is 0.600 bits per heavy atom. The summed E-state index contributed by atoms with van der Waals surface area (Å²) in [5, 5.41) is 0. The van der Waals surface area contributed by atoms with E-state index in [1.165, 1.54) is 37.1 Å². The SMILES string of the molecule is CC[N+](C)(C)c1cc[c]([Sn]([c]2ccc([N+](C)(C)CC)cc2)([c]2ccc([N+](C)(C)CC)cc2)[c]2ccc([N+](C)(C)CC)cc2)cc1. The summed E-state index contributed by atoms with van der Waals surface area (Å²) in [4.78, 5) is 0. The normalized spacial score (nSPS) is 13.2. The fraction of sp³-hybridized carbons (Fsp3) is 0.400. The molecule has 0 bridgehead atoms. The molecular weight excluding hydrogens is 655 g/mol. The van der Waals surface area contributed by atoms with Crippen molar-refractivity contribution < 1.29 is 0 Å². The van der Waals surface area contributed by atoms with Crippen molar-refractivity contribution in [2.45, 2.75) is 27.7 Å². The van der Waals surface area contributed by atoms with E-state index in [-0.39, 0.29) is 0 Å². The van der Waals surface area contributed by atoms with Crippen LogP contribution in [0.2, 0.25) is 0 Å². The summed E-state index contributed by atoms with van der Waals surface area (Å²) in [5.74, 6) is 0. The van der Waals surface area contributed by atoms with Crippen molar-refractivity contribution in [3.8, 4) is 0 Å². The third-order valence-electron chi connectivity index (χ3n) is 11.2. The second kappa shape index (κ2) is 13.3. The van der Waals surface area contributed by atoms with E-state index in [1.807, 2.05) is 0 Å². The van der Waals surface area contributed by atoms with Gasteiger partial charge in [-0.3, -0.25) is 0 Å². The second-order valence-corrected chi connectivity index (χ2v) is 25.8. The van der Waals surface area contributed by atoms with Gasteiger partial charge in [-0.2, -0.15) is 0 Å². The number of hydrogen-bond acceptors (Lipinski definition) is 0. The van der Waals surface area contributed by atoms with E-state index in [9.17, 15) is 0 Å². The minimum absolute atomic E-state index is 0.874. The van der Waals surface area contributed by atoms with Crippen molar-refractivity contribution in [3.05, 3.63) is 97.1 Å². The molecule has 0 N–H and O–H groups in total. The molecular formula is C40H60N4Sn+4. The average Bonchev–Trinajstić information content (AvgIpc) is 3.06. The van der Waals surface area contributed by atoms with Crippen LogP contribution in [0, 0.1) is 0 Å². The van der Waals surface area contributed by atoms with Crippen LogP contribution in [0.3, 0.4) is 0 Å². The molecule has 5 heteroatoms. The molecule has 4 aromatic carbocycles. The monoisotopic (exact) mass is 716 g/mol. The Kier molecular flexibility index (Phi) is 10.5. The molecule has 0 fully saturated rings. The summed E-state index contributed by atoms with van der Waals surface area (Å²) in [6, 6.07) is 39.0. The van der Waals surface area contributed by atoms with Crippen LogP contribution in [0.25, 0.3) is 0 Å². The van der Waals surface area contributed by atoms with Gasteiger partial charge in [-0.05, 0) is 0 Å². The van der Waals surface area contributed by atoms with E-state index in [0.29, 0.717) is 0 Å². The summed E-state index contributed by atoms with van der Waals surface area (Å²) < 4.78 is 9.48. The number of nitrogens with zero attached hydrogens (tertiary/aromatic N) is 4. The maximum absolute atomic E-state index is 3.83. The summed E-state index contributed by atoms with van der Waals surface area (Å²) in [5.41, 5.74) is 5.42. The Bertz CT molecular complexity index is 1310. The number of hydrogen-bond donors (Lipinski definition) is 0. The molecule has 0 aliphatic carbocycles. The Morgan fingerprint density at radius 1 is 0.311 bits per heavy atom. The van der Waals surface area contributed by atoms with Crippen molar-refractivity contribution >= 4 is 55.4 Å². The van der Waals surface area contributed by atoms with Crippen molar-refractivity contribution in [1.82, 2.24) is 17.9 Å². The molecule has 4 rings (SSSR count). The van der Waals surface area contributed by atoms with E-state index in [0.717, 1.165) is 44.1 Å². The van der Waals surface area contributed by atoms with Crippen molar-refractivity contribution in [2.75, 3.05) is 82.6 Å². The van der Waals surface area contributed by atoms with Gasteiger partial charge in [-0.1, -0.05) is 0 Å². The predicted molar refractivity (Wildman–Crippen MR) is 207 cm³/mol. The van der Waals surface area contributed by atoms with Crippen LogP contribution in [-0.2, 0) is 0 Å². The molecule has 4 nitrogen and oxygen atoms in total. The number of benzene rings is 4. The van der Waals surface area contributed by atoms with Crippen LogP contribution in [0.15, 0.2) is 97.1 Å². The number of quaternary nitrogens is 4. The first-order chi connectivity index (χ1) is 21.1. The van der Waals surface area contributed by atoms with Gasteiger partial charge < -0.3 is 0 Å². The minimum atomic E-state index is -3.83. The van der Waals surface area contributed by atoms with E-state index < -0.39 is 18.4 Å². The Hall–Kier alpha value is -2.48. The molecule has 0 radical (unpaired) electrons. The first-order valence-electron chi connectivity index (χ1n) is 16.9. The van der Waals surface area contributed by atoms with Crippen LogP contribution in [-0.4, -0.2) is 101 Å². The molecule has 45 heavy (non-hydrogen) atoms. The van der Waals surface area contributed by atoms with Gasteiger partial charge in [0.25, 0.3) is 0 Å². The average molecular weight is 716 g/mol. The summed E-state index contributed by atoms with van der Waals surface area (Å²) in [6.45, 7) is 13.3. The van der Waals surface area contributed by atoms with Crippen molar-refractivity contribution in [2.24, 2.45) is 0 Å². The predicted octanol–water partition coefficient (Wildman–Crippen LogP) is 5.41. The first kappa shape index (κ1) is 35.4. The fourth-order valence-corrected chi connectivity index (χ4v) is 19.5. The molecule has 0 amide bonds. The summed E-state index contributed by atoms with van der Waals surface area (Å²) in [6.07, 6.45) is 0. The van der Waals surface area contributed by atoms with Gasteiger partial charge in [0.2, 0.25) is 0 Å². The Balaban J connectivity index is 2.08. The molecule has 0 aliphatic rings. The van der Waals surface area contributed by atoms with Crippen molar-refractivity contribution in [3.63, 3.8) is 0 Å². The topological polar surface area (TPSA) is 0 Å². The van der Waals surface area contributed by atoms with Gasteiger partial charge in [-0.15, -0.1) is 0 Å². The van der Waals surface area contributed by atoms with E-state index in [2.05, 4.69) is 181 Å². The molecule has 0 saturated carbocycles. The zero-order valence-electron chi connectivity index (χ0n) is 30.4. The maximum atomic E-state index is 2.47. The van der Waals surface area contributed by atoms with Gasteiger partial charge in [-0.25, -0.2) is 0 Å². The standard InChI is InChI=1S/4C10H15N.Sn/c4*1-4-11(2,3)10-8-6-5-7-9-10;/h4*6-9H,4H2,1-3H3;/q4*+1;. The third kappa shape index (κ3) is 6.82. The molecule has 0 aromatic heterocycles. The van der Waals surface area contributed by atoms with Crippen molar-refractivity contribution in [1.29, 1.82) is 0 Å². The molecule has 0 unspecified atom stereocenters. The molecule has 0 heterocycles. The fourth-order valence-electron chi connectivity index (χ4n) is 6.19. The second-order valence-electron chi connectivity index (χ2n) is 14.9. The van der Waals surface area contributed by atoms with Crippen LogP contribution < -0.4 is 32.2 Å². The van der Waals surface area contributed by atoms with Gasteiger partial charge in [0.1, 0.15) is 0 Å². The van der Waals surface area contributed by atoms with Gasteiger partial charge in [0, 0.05) is 0 Å². The molecule has 4 aromatic rings. The van der Waals surface area contributed by atoms with E-state index in [4.69, 9.17) is 0 Å². The molecule has 0 saturated heterocycles. The van der Waals surface area contributed by atoms with E-state index >= 15 is 0 Å². The van der Waals surface area contributed by atoms with Crippen LogP contribution in [0.5, 0.6) is 0 Å². The van der Waals surface area contributed by atoms with Crippen LogP contribution in [0.4, 0.5) is 22.7 Å². The Morgan fingerprint density at radius 2 is 0.467 bits per heavy atom. The number of rotatable bonds is 12. The Labute approximate surface area is 279 Å². The van der Waals surface area contributed by atoms with Gasteiger partial charge in [0.15, 0.2) is 0 Å². The van der Waals surface area contributed by atoms with E-state index in [1.54, 1.807) is 0 Å². The third-order valence-corrected chi connectivity index (χ3v) is 24.9.